The Balaban J connectivity index is 3.04. The van der Waals surface area contributed by atoms with Gasteiger partial charge in [0, 0.05) is 6.54 Å². The predicted octanol–water partition coefficient (Wildman–Crippen LogP) is 1.61. The summed E-state index contributed by atoms with van der Waals surface area (Å²) in [5.74, 6) is 0. The zero-order valence-electron chi connectivity index (χ0n) is 9.20. The molecule has 0 saturated heterocycles. The molecule has 0 aromatic carbocycles. The minimum absolute atomic E-state index is 0.455. The van der Waals surface area contributed by atoms with Crippen LogP contribution in [-0.4, -0.2) is 21.4 Å². The second-order valence-corrected chi connectivity index (χ2v) is 4.73. The lowest BCUT2D eigenvalue weighted by Gasteiger charge is -2.24. The van der Waals surface area contributed by atoms with Gasteiger partial charge in [0.25, 0.3) is 0 Å². The molecule has 0 saturated carbocycles. The van der Waals surface area contributed by atoms with Crippen LogP contribution in [0.1, 0.15) is 32.4 Å². The first-order valence-corrected chi connectivity index (χ1v) is 5.96. The molecule has 1 heterocycles. The van der Waals surface area contributed by atoms with Crippen LogP contribution in [0, 0.1) is 0 Å². The Labute approximate surface area is 98.6 Å². The number of hydrogen-bond donors (Lipinski definition) is 2. The Bertz CT molecular complexity index is 322. The molecule has 1 rings (SSSR count). The summed E-state index contributed by atoms with van der Waals surface area (Å²) in [6, 6.07) is 0. The minimum Gasteiger partial charge on any atom is -0.384 e. The minimum atomic E-state index is -0.917. The number of aryl methyl sites for hydroxylation is 1. The zero-order chi connectivity index (χ0) is 11.5. The quantitative estimate of drug-likeness (QED) is 0.858. The maximum Gasteiger partial charge on any atom is 0.106 e. The molecule has 86 valence electrons. The molecule has 3 N–H and O–H groups in total. The summed E-state index contributed by atoms with van der Waals surface area (Å²) < 4.78 is 2.68. The van der Waals surface area contributed by atoms with E-state index in [9.17, 15) is 5.11 Å². The van der Waals surface area contributed by atoms with E-state index in [1.165, 1.54) is 0 Å². The van der Waals surface area contributed by atoms with E-state index in [-0.39, 0.29) is 0 Å². The van der Waals surface area contributed by atoms with E-state index in [1.807, 2.05) is 4.68 Å². The van der Waals surface area contributed by atoms with Crippen molar-refractivity contribution in [1.82, 2.24) is 9.78 Å². The van der Waals surface area contributed by atoms with Crippen molar-refractivity contribution in [3.63, 3.8) is 0 Å². The second-order valence-electron chi connectivity index (χ2n) is 3.88. The van der Waals surface area contributed by atoms with E-state index in [2.05, 4.69) is 28.0 Å². The Morgan fingerprint density at radius 3 is 2.87 bits per heavy atom. The smallest absolute Gasteiger partial charge is 0.106 e. The van der Waals surface area contributed by atoms with Crippen LogP contribution >= 0.6 is 15.9 Å². The lowest BCUT2D eigenvalue weighted by Crippen LogP contribution is -2.29. The topological polar surface area (TPSA) is 64.1 Å². The molecule has 15 heavy (non-hydrogen) atoms. The van der Waals surface area contributed by atoms with Crippen LogP contribution in [0.2, 0.25) is 0 Å². The van der Waals surface area contributed by atoms with E-state index in [1.54, 1.807) is 13.1 Å². The Hall–Kier alpha value is -0.390. The molecule has 0 bridgehead atoms. The highest BCUT2D eigenvalue weighted by Gasteiger charge is 2.29. The molecule has 0 aliphatic carbocycles. The van der Waals surface area contributed by atoms with Gasteiger partial charge >= 0.3 is 0 Å². The molecule has 5 heteroatoms. The molecule has 0 amide bonds. The van der Waals surface area contributed by atoms with Gasteiger partial charge in [0.1, 0.15) is 5.60 Å². The Kier molecular flexibility index (Phi) is 4.31. The first-order valence-electron chi connectivity index (χ1n) is 5.17. The largest absolute Gasteiger partial charge is 0.384 e. The SMILES string of the molecule is CCCn1ncc(Br)c1C(C)(O)CCN. The number of hydrogen-bond acceptors (Lipinski definition) is 3. The van der Waals surface area contributed by atoms with Crippen LogP contribution in [0.3, 0.4) is 0 Å². The molecule has 0 radical (unpaired) electrons. The van der Waals surface area contributed by atoms with Gasteiger partial charge in [0.2, 0.25) is 0 Å². The lowest BCUT2D eigenvalue weighted by molar-refractivity contribution is 0.0400. The van der Waals surface area contributed by atoms with Crippen LogP contribution in [0.5, 0.6) is 0 Å². The summed E-state index contributed by atoms with van der Waals surface area (Å²) in [5.41, 5.74) is 5.39. The van der Waals surface area contributed by atoms with Gasteiger partial charge < -0.3 is 10.8 Å². The van der Waals surface area contributed by atoms with Crippen molar-refractivity contribution in [1.29, 1.82) is 0 Å². The van der Waals surface area contributed by atoms with Crippen LogP contribution < -0.4 is 5.73 Å². The van der Waals surface area contributed by atoms with Crippen LogP contribution in [0.4, 0.5) is 0 Å². The molecule has 0 fully saturated rings. The molecule has 4 nitrogen and oxygen atoms in total. The molecule has 0 aliphatic heterocycles. The van der Waals surface area contributed by atoms with Crippen LogP contribution in [-0.2, 0) is 12.1 Å². The lowest BCUT2D eigenvalue weighted by atomic mass is 9.98. The number of aliphatic hydroxyl groups is 1. The highest BCUT2D eigenvalue weighted by atomic mass is 79.9. The summed E-state index contributed by atoms with van der Waals surface area (Å²) in [4.78, 5) is 0. The van der Waals surface area contributed by atoms with Gasteiger partial charge in [-0.2, -0.15) is 5.10 Å². The Morgan fingerprint density at radius 1 is 1.67 bits per heavy atom. The first-order chi connectivity index (χ1) is 7.03. The maximum absolute atomic E-state index is 10.3. The van der Waals surface area contributed by atoms with E-state index in [0.717, 1.165) is 23.1 Å². The van der Waals surface area contributed by atoms with Crippen molar-refractivity contribution < 1.29 is 5.11 Å². The summed E-state index contributed by atoms with van der Waals surface area (Å²) in [6.45, 7) is 5.11. The first kappa shape index (κ1) is 12.7. The van der Waals surface area contributed by atoms with Gasteiger partial charge in [-0.05, 0) is 42.2 Å². The van der Waals surface area contributed by atoms with E-state index >= 15 is 0 Å². The highest BCUT2D eigenvalue weighted by molar-refractivity contribution is 9.10. The third-order valence-electron chi connectivity index (χ3n) is 2.37. The highest BCUT2D eigenvalue weighted by Crippen LogP contribution is 2.30. The van der Waals surface area contributed by atoms with Crippen LogP contribution in [0.15, 0.2) is 10.7 Å². The van der Waals surface area contributed by atoms with Crippen molar-refractivity contribution in [2.45, 2.75) is 38.8 Å². The van der Waals surface area contributed by atoms with Crippen LogP contribution in [0.25, 0.3) is 0 Å². The number of aromatic nitrogens is 2. The summed E-state index contributed by atoms with van der Waals surface area (Å²) in [7, 11) is 0. The second kappa shape index (κ2) is 5.09. The average molecular weight is 276 g/mol. The molecular weight excluding hydrogens is 258 g/mol. The third-order valence-corrected chi connectivity index (χ3v) is 2.95. The standard InChI is InChI=1S/C10H18BrN3O/c1-3-6-14-9(8(11)7-13-14)10(2,15)4-5-12/h7,15H,3-6,12H2,1-2H3. The van der Waals surface area contributed by atoms with Gasteiger partial charge in [-0.25, -0.2) is 0 Å². The van der Waals surface area contributed by atoms with E-state index < -0.39 is 5.60 Å². The normalized spacial score (nSPS) is 15.3. The predicted molar refractivity (Wildman–Crippen MR) is 63.5 cm³/mol. The van der Waals surface area contributed by atoms with Crippen molar-refractivity contribution in [3.05, 3.63) is 16.4 Å². The van der Waals surface area contributed by atoms with Gasteiger partial charge in [-0.15, -0.1) is 0 Å². The monoisotopic (exact) mass is 275 g/mol. The molecule has 1 unspecified atom stereocenters. The molecule has 1 atom stereocenters. The maximum atomic E-state index is 10.3. The van der Waals surface area contributed by atoms with Crippen molar-refractivity contribution in [2.24, 2.45) is 5.73 Å². The van der Waals surface area contributed by atoms with Crippen molar-refractivity contribution >= 4 is 15.9 Å². The third kappa shape index (κ3) is 2.80. The summed E-state index contributed by atoms with van der Waals surface area (Å²) in [6.07, 6.45) is 3.23. The zero-order valence-corrected chi connectivity index (χ0v) is 10.8. The van der Waals surface area contributed by atoms with Crippen molar-refractivity contribution in [2.75, 3.05) is 6.54 Å². The fraction of sp³-hybridized carbons (Fsp3) is 0.700. The van der Waals surface area contributed by atoms with Gasteiger partial charge in [-0.3, -0.25) is 4.68 Å². The fourth-order valence-electron chi connectivity index (χ4n) is 1.68. The molecule has 1 aromatic heterocycles. The molecule has 0 spiro atoms. The Morgan fingerprint density at radius 2 is 2.33 bits per heavy atom. The van der Waals surface area contributed by atoms with E-state index in [0.29, 0.717) is 13.0 Å². The van der Waals surface area contributed by atoms with E-state index in [4.69, 9.17) is 5.73 Å². The van der Waals surface area contributed by atoms with Gasteiger partial charge in [0.15, 0.2) is 0 Å². The molecule has 0 aliphatic rings. The number of halogens is 1. The van der Waals surface area contributed by atoms with Gasteiger partial charge in [0.05, 0.1) is 16.4 Å². The number of nitrogens with two attached hydrogens (primary N) is 1. The average Bonchev–Trinajstić information content (AvgIpc) is 2.48. The molecule has 1 aromatic rings. The fourth-order valence-corrected chi connectivity index (χ4v) is 2.40. The molecular formula is C10H18BrN3O. The van der Waals surface area contributed by atoms with Crippen molar-refractivity contribution in [3.8, 4) is 0 Å². The summed E-state index contributed by atoms with van der Waals surface area (Å²) in [5, 5.41) is 14.5. The number of rotatable bonds is 5. The number of nitrogens with zero attached hydrogens (tertiary/aromatic N) is 2. The van der Waals surface area contributed by atoms with Gasteiger partial charge in [-0.1, -0.05) is 6.92 Å². The summed E-state index contributed by atoms with van der Waals surface area (Å²) >= 11 is 3.41.